The van der Waals surface area contributed by atoms with E-state index in [9.17, 15) is 9.59 Å². The Morgan fingerprint density at radius 2 is 2.06 bits per heavy atom. The lowest BCUT2D eigenvalue weighted by Gasteiger charge is -2.34. The van der Waals surface area contributed by atoms with E-state index in [1.54, 1.807) is 4.90 Å². The van der Waals surface area contributed by atoms with Gasteiger partial charge in [-0.25, -0.2) is 4.79 Å². The van der Waals surface area contributed by atoms with Crippen LogP contribution in [0.25, 0.3) is 0 Å². The van der Waals surface area contributed by atoms with Crippen LogP contribution in [0.2, 0.25) is 0 Å². The zero-order valence-corrected chi connectivity index (χ0v) is 11.6. The van der Waals surface area contributed by atoms with E-state index >= 15 is 0 Å². The molecule has 0 fully saturated rings. The first-order valence-electron chi connectivity index (χ1n) is 5.67. The summed E-state index contributed by atoms with van der Waals surface area (Å²) in [7, 11) is 1.35. The van der Waals surface area contributed by atoms with Gasteiger partial charge in [0, 0.05) is 13.0 Å². The molecule has 1 aliphatic heterocycles. The fourth-order valence-electron chi connectivity index (χ4n) is 2.21. The maximum Gasteiger partial charge on any atom is 0.328 e. The Hall–Kier alpha value is -1.36. The number of carbonyl (C=O) groups is 2. The van der Waals surface area contributed by atoms with Crippen molar-refractivity contribution in [3.63, 3.8) is 0 Å². The van der Waals surface area contributed by atoms with Crippen LogP contribution in [-0.4, -0.2) is 35.3 Å². The third-order valence-electron chi connectivity index (χ3n) is 3.16. The molecule has 1 aromatic rings. The third-order valence-corrected chi connectivity index (χ3v) is 3.64. The van der Waals surface area contributed by atoms with Crippen LogP contribution in [0.5, 0.6) is 0 Å². The summed E-state index contributed by atoms with van der Waals surface area (Å²) < 4.78 is 4.78. The van der Waals surface area contributed by atoms with Gasteiger partial charge < -0.3 is 9.64 Å². The van der Waals surface area contributed by atoms with E-state index in [4.69, 9.17) is 4.74 Å². The number of amides is 1. The quantitative estimate of drug-likeness (QED) is 0.614. The van der Waals surface area contributed by atoms with Crippen molar-refractivity contribution in [2.75, 3.05) is 12.4 Å². The Balaban J connectivity index is 2.33. The van der Waals surface area contributed by atoms with Gasteiger partial charge >= 0.3 is 5.97 Å². The van der Waals surface area contributed by atoms with E-state index < -0.39 is 6.04 Å². The van der Waals surface area contributed by atoms with Crippen molar-refractivity contribution in [2.24, 2.45) is 0 Å². The Morgan fingerprint density at radius 3 is 2.67 bits per heavy atom. The minimum atomic E-state index is -0.519. The summed E-state index contributed by atoms with van der Waals surface area (Å²) in [5, 5.41) is 0.211. The minimum absolute atomic E-state index is 0.0973. The monoisotopic (exact) mass is 311 g/mol. The molecule has 96 valence electrons. The van der Waals surface area contributed by atoms with Crippen molar-refractivity contribution in [1.82, 2.24) is 4.90 Å². The number of hydrogen-bond acceptors (Lipinski definition) is 3. The predicted molar refractivity (Wildman–Crippen MR) is 70.3 cm³/mol. The van der Waals surface area contributed by atoms with Gasteiger partial charge in [0.25, 0.3) is 0 Å². The van der Waals surface area contributed by atoms with E-state index in [2.05, 4.69) is 15.9 Å². The van der Waals surface area contributed by atoms with Crippen LogP contribution >= 0.6 is 15.9 Å². The van der Waals surface area contributed by atoms with Gasteiger partial charge in [-0.3, -0.25) is 4.79 Å². The van der Waals surface area contributed by atoms with Gasteiger partial charge in [0.05, 0.1) is 12.4 Å². The predicted octanol–water partition coefficient (Wildman–Crippen LogP) is 1.51. The summed E-state index contributed by atoms with van der Waals surface area (Å²) in [4.78, 5) is 25.2. The lowest BCUT2D eigenvalue weighted by atomic mass is 9.94. The topological polar surface area (TPSA) is 46.6 Å². The maximum absolute atomic E-state index is 11.9. The first-order valence-corrected chi connectivity index (χ1v) is 6.79. The number of fused-ring (bicyclic) bond motifs is 1. The molecule has 1 amide bonds. The minimum Gasteiger partial charge on any atom is -0.467 e. The van der Waals surface area contributed by atoms with Gasteiger partial charge in [-0.1, -0.05) is 40.2 Å². The van der Waals surface area contributed by atoms with Crippen molar-refractivity contribution in [2.45, 2.75) is 19.0 Å². The van der Waals surface area contributed by atoms with Crippen molar-refractivity contribution in [3.05, 3.63) is 35.4 Å². The molecule has 1 unspecified atom stereocenters. The summed E-state index contributed by atoms with van der Waals surface area (Å²) in [5.41, 5.74) is 2.19. The molecular weight excluding hydrogens is 298 g/mol. The standard InChI is InChI=1S/C13H14BrNO3/c1-18-13(17)11-6-9-4-2-3-5-10(9)8-15(11)12(16)7-14/h2-5,11H,6-8H2,1H3. The van der Waals surface area contributed by atoms with Crippen LogP contribution in [0.1, 0.15) is 11.1 Å². The summed E-state index contributed by atoms with van der Waals surface area (Å²) in [6, 6.07) is 7.33. The average molecular weight is 312 g/mol. The van der Waals surface area contributed by atoms with Crippen LogP contribution in [0.15, 0.2) is 24.3 Å². The number of benzene rings is 1. The normalized spacial score (nSPS) is 18.1. The maximum atomic E-state index is 11.9. The smallest absolute Gasteiger partial charge is 0.328 e. The number of nitrogens with zero attached hydrogens (tertiary/aromatic N) is 1. The summed E-state index contributed by atoms with van der Waals surface area (Å²) >= 11 is 3.15. The highest BCUT2D eigenvalue weighted by Gasteiger charge is 2.34. The van der Waals surface area contributed by atoms with E-state index in [1.165, 1.54) is 7.11 Å². The molecule has 1 aliphatic rings. The highest BCUT2D eigenvalue weighted by atomic mass is 79.9. The molecule has 0 bridgehead atoms. The number of halogens is 1. The lowest BCUT2D eigenvalue weighted by Crippen LogP contribution is -2.49. The third kappa shape index (κ3) is 2.41. The molecule has 0 N–H and O–H groups in total. The molecule has 1 aromatic carbocycles. The number of esters is 1. The van der Waals surface area contributed by atoms with Gasteiger partial charge in [0.1, 0.15) is 6.04 Å². The summed E-state index contributed by atoms with van der Waals surface area (Å²) in [6.45, 7) is 0.459. The number of hydrogen-bond donors (Lipinski definition) is 0. The summed E-state index contributed by atoms with van der Waals surface area (Å²) in [6.07, 6.45) is 0.515. The molecule has 18 heavy (non-hydrogen) atoms. The SMILES string of the molecule is COC(=O)C1Cc2ccccc2CN1C(=O)CBr. The fourth-order valence-corrected chi connectivity index (χ4v) is 2.53. The van der Waals surface area contributed by atoms with Gasteiger partial charge in [-0.15, -0.1) is 0 Å². The van der Waals surface area contributed by atoms with E-state index in [0.29, 0.717) is 13.0 Å². The zero-order chi connectivity index (χ0) is 13.1. The van der Waals surface area contributed by atoms with Crippen LogP contribution in [0.4, 0.5) is 0 Å². The van der Waals surface area contributed by atoms with Crippen LogP contribution < -0.4 is 0 Å². The first kappa shape index (κ1) is 13.1. The number of alkyl halides is 1. The Kier molecular flexibility index (Phi) is 4.01. The van der Waals surface area contributed by atoms with Gasteiger partial charge in [-0.05, 0) is 11.1 Å². The summed E-state index contributed by atoms with van der Waals surface area (Å²) in [5.74, 6) is -0.460. The van der Waals surface area contributed by atoms with Crippen LogP contribution in [0, 0.1) is 0 Å². The average Bonchev–Trinajstić information content (AvgIpc) is 2.44. The largest absolute Gasteiger partial charge is 0.467 e. The molecule has 0 aliphatic carbocycles. The highest BCUT2D eigenvalue weighted by Crippen LogP contribution is 2.24. The molecule has 5 heteroatoms. The van der Waals surface area contributed by atoms with E-state index in [1.807, 2.05) is 24.3 Å². The van der Waals surface area contributed by atoms with Gasteiger partial charge in [0.2, 0.25) is 5.91 Å². The van der Waals surface area contributed by atoms with Crippen molar-refractivity contribution >= 4 is 27.8 Å². The molecule has 0 saturated heterocycles. The van der Waals surface area contributed by atoms with E-state index in [0.717, 1.165) is 11.1 Å². The molecule has 0 spiro atoms. The highest BCUT2D eigenvalue weighted by molar-refractivity contribution is 9.09. The van der Waals surface area contributed by atoms with Crippen molar-refractivity contribution in [3.8, 4) is 0 Å². The number of ether oxygens (including phenoxy) is 1. The second-order valence-corrected chi connectivity index (χ2v) is 4.73. The lowest BCUT2D eigenvalue weighted by molar-refractivity contribution is -0.153. The zero-order valence-electron chi connectivity index (χ0n) is 10.1. The second kappa shape index (κ2) is 5.52. The van der Waals surface area contributed by atoms with E-state index in [-0.39, 0.29) is 17.2 Å². The molecule has 2 rings (SSSR count). The van der Waals surface area contributed by atoms with Crippen LogP contribution in [-0.2, 0) is 27.3 Å². The van der Waals surface area contributed by atoms with Crippen molar-refractivity contribution < 1.29 is 14.3 Å². The second-order valence-electron chi connectivity index (χ2n) is 4.17. The Bertz CT molecular complexity index is 432. The number of rotatable bonds is 2. The molecule has 0 radical (unpaired) electrons. The molecule has 0 saturated carbocycles. The molecule has 4 nitrogen and oxygen atoms in total. The van der Waals surface area contributed by atoms with Gasteiger partial charge in [0.15, 0.2) is 0 Å². The first-order chi connectivity index (χ1) is 8.67. The molecule has 1 atom stereocenters. The molecule has 1 heterocycles. The molecular formula is C13H14BrNO3. The number of carbonyl (C=O) groups excluding carboxylic acids is 2. The van der Waals surface area contributed by atoms with Crippen molar-refractivity contribution in [1.29, 1.82) is 0 Å². The van der Waals surface area contributed by atoms with Crippen LogP contribution in [0.3, 0.4) is 0 Å². The molecule has 0 aromatic heterocycles. The number of methoxy groups -OCH3 is 1. The fraction of sp³-hybridized carbons (Fsp3) is 0.385. The van der Waals surface area contributed by atoms with Gasteiger partial charge in [-0.2, -0.15) is 0 Å². The Morgan fingerprint density at radius 1 is 1.39 bits per heavy atom. The Labute approximate surface area is 114 Å².